The molecule has 0 aliphatic carbocycles. The van der Waals surface area contributed by atoms with Crippen molar-refractivity contribution in [1.82, 2.24) is 4.90 Å². The van der Waals surface area contributed by atoms with Crippen molar-refractivity contribution < 1.29 is 9.31 Å². The third kappa shape index (κ3) is 3.24. The molecule has 0 aliphatic heterocycles. The van der Waals surface area contributed by atoms with E-state index >= 15 is 0 Å². The molecule has 0 radical (unpaired) electrons. The SMILES string of the molecule is N#CCN(CC#N)Cc1cccc([N+](=O)[O-])c1F. The number of nitro benzene ring substituents is 1. The van der Waals surface area contributed by atoms with Crippen LogP contribution in [-0.4, -0.2) is 22.9 Å². The first-order chi connectivity index (χ1) is 8.60. The van der Waals surface area contributed by atoms with Crippen molar-refractivity contribution in [2.75, 3.05) is 13.1 Å². The summed E-state index contributed by atoms with van der Waals surface area (Å²) >= 11 is 0. The lowest BCUT2D eigenvalue weighted by atomic mass is 10.1. The summed E-state index contributed by atoms with van der Waals surface area (Å²) in [5.41, 5.74) is -0.518. The quantitative estimate of drug-likeness (QED) is 0.448. The number of nitriles is 2. The van der Waals surface area contributed by atoms with Crippen molar-refractivity contribution in [1.29, 1.82) is 10.5 Å². The highest BCUT2D eigenvalue weighted by Crippen LogP contribution is 2.21. The van der Waals surface area contributed by atoms with Gasteiger partial charge in [-0.05, 0) is 0 Å². The summed E-state index contributed by atoms with van der Waals surface area (Å²) in [7, 11) is 0. The molecule has 0 aliphatic rings. The van der Waals surface area contributed by atoms with Crippen LogP contribution in [0.1, 0.15) is 5.56 Å². The van der Waals surface area contributed by atoms with Gasteiger partial charge in [0.05, 0.1) is 30.2 Å². The molecule has 0 saturated heterocycles. The number of hydrogen-bond donors (Lipinski definition) is 0. The molecular weight excluding hydrogens is 239 g/mol. The summed E-state index contributed by atoms with van der Waals surface area (Å²) < 4.78 is 13.7. The molecule has 7 heteroatoms. The van der Waals surface area contributed by atoms with Crippen LogP contribution >= 0.6 is 0 Å². The van der Waals surface area contributed by atoms with Crippen LogP contribution in [0.15, 0.2) is 18.2 Å². The Hall–Kier alpha value is -2.51. The summed E-state index contributed by atoms with van der Waals surface area (Å²) in [4.78, 5) is 11.1. The topological polar surface area (TPSA) is 94.0 Å². The van der Waals surface area contributed by atoms with Crippen LogP contribution in [0, 0.1) is 38.6 Å². The van der Waals surface area contributed by atoms with Crippen molar-refractivity contribution >= 4 is 5.69 Å². The first-order valence-electron chi connectivity index (χ1n) is 4.98. The van der Waals surface area contributed by atoms with Crippen molar-refractivity contribution in [3.05, 3.63) is 39.7 Å². The van der Waals surface area contributed by atoms with Crippen molar-refractivity contribution in [3.8, 4) is 12.1 Å². The van der Waals surface area contributed by atoms with Gasteiger partial charge in [-0.2, -0.15) is 14.9 Å². The molecular formula is C11H9FN4O2. The molecule has 18 heavy (non-hydrogen) atoms. The Morgan fingerprint density at radius 1 is 1.33 bits per heavy atom. The molecule has 6 nitrogen and oxygen atoms in total. The Balaban J connectivity index is 2.97. The Kier molecular flexibility index (Phi) is 4.73. The summed E-state index contributed by atoms with van der Waals surface area (Å²) in [5.74, 6) is -0.927. The van der Waals surface area contributed by atoms with Crippen LogP contribution in [-0.2, 0) is 6.54 Å². The van der Waals surface area contributed by atoms with Crippen molar-refractivity contribution in [2.24, 2.45) is 0 Å². The third-order valence-corrected chi connectivity index (χ3v) is 2.24. The number of nitrogens with zero attached hydrogens (tertiary/aromatic N) is 4. The minimum atomic E-state index is -0.927. The summed E-state index contributed by atoms with van der Waals surface area (Å²) in [6.45, 7) is -0.111. The summed E-state index contributed by atoms with van der Waals surface area (Å²) in [6.07, 6.45) is 0. The van der Waals surface area contributed by atoms with Gasteiger partial charge in [-0.15, -0.1) is 0 Å². The molecule has 0 fully saturated rings. The second-order valence-corrected chi connectivity index (χ2v) is 3.47. The van der Waals surface area contributed by atoms with Gasteiger partial charge in [0, 0.05) is 18.2 Å². The lowest BCUT2D eigenvalue weighted by Crippen LogP contribution is -2.24. The van der Waals surface area contributed by atoms with E-state index in [0.717, 1.165) is 6.07 Å². The van der Waals surface area contributed by atoms with E-state index in [-0.39, 0.29) is 25.2 Å². The average Bonchev–Trinajstić information content (AvgIpc) is 2.32. The van der Waals surface area contributed by atoms with Crippen LogP contribution < -0.4 is 0 Å². The fourth-order valence-electron chi connectivity index (χ4n) is 1.44. The van der Waals surface area contributed by atoms with Crippen LogP contribution in [0.3, 0.4) is 0 Å². The number of benzene rings is 1. The Bertz CT molecular complexity index is 517. The monoisotopic (exact) mass is 248 g/mol. The molecule has 0 N–H and O–H groups in total. The first kappa shape index (κ1) is 13.6. The number of hydrogen-bond acceptors (Lipinski definition) is 5. The van der Waals surface area contributed by atoms with Gasteiger partial charge in [0.2, 0.25) is 5.82 Å². The molecule has 92 valence electrons. The maximum Gasteiger partial charge on any atom is 0.305 e. The van der Waals surface area contributed by atoms with Crippen molar-refractivity contribution in [2.45, 2.75) is 6.54 Å². The fourth-order valence-corrected chi connectivity index (χ4v) is 1.44. The molecule has 0 heterocycles. The molecule has 1 rings (SSSR count). The molecule has 0 amide bonds. The number of halogens is 1. The maximum atomic E-state index is 13.7. The molecule has 0 aromatic heterocycles. The zero-order chi connectivity index (χ0) is 13.5. The fraction of sp³-hybridized carbons (Fsp3) is 0.273. The molecule has 1 aromatic rings. The van der Waals surface area contributed by atoms with E-state index < -0.39 is 16.4 Å². The van der Waals surface area contributed by atoms with E-state index in [1.807, 2.05) is 12.1 Å². The minimum Gasteiger partial charge on any atom is -0.273 e. The predicted octanol–water partition coefficient (Wildman–Crippen LogP) is 1.58. The Labute approximate surface area is 103 Å². The lowest BCUT2D eigenvalue weighted by molar-refractivity contribution is -0.387. The van der Waals surface area contributed by atoms with Gasteiger partial charge < -0.3 is 0 Å². The average molecular weight is 248 g/mol. The van der Waals surface area contributed by atoms with E-state index in [1.54, 1.807) is 0 Å². The van der Waals surface area contributed by atoms with E-state index in [9.17, 15) is 14.5 Å². The van der Waals surface area contributed by atoms with Crippen LogP contribution in [0.4, 0.5) is 10.1 Å². The second-order valence-electron chi connectivity index (χ2n) is 3.47. The zero-order valence-electron chi connectivity index (χ0n) is 9.34. The first-order valence-corrected chi connectivity index (χ1v) is 4.98. The van der Waals surface area contributed by atoms with Gasteiger partial charge in [-0.1, -0.05) is 12.1 Å². The summed E-state index contributed by atoms with van der Waals surface area (Å²) in [5, 5.41) is 27.7. The van der Waals surface area contributed by atoms with E-state index in [1.165, 1.54) is 17.0 Å². The van der Waals surface area contributed by atoms with E-state index in [2.05, 4.69) is 0 Å². The molecule has 0 unspecified atom stereocenters. The molecule has 0 atom stereocenters. The van der Waals surface area contributed by atoms with Gasteiger partial charge in [0.15, 0.2) is 0 Å². The molecule has 1 aromatic carbocycles. The highest BCUT2D eigenvalue weighted by atomic mass is 19.1. The Morgan fingerprint density at radius 3 is 2.44 bits per heavy atom. The third-order valence-electron chi connectivity index (χ3n) is 2.24. The summed E-state index contributed by atoms with van der Waals surface area (Å²) in [6, 6.07) is 7.53. The van der Waals surface area contributed by atoms with Gasteiger partial charge >= 0.3 is 5.69 Å². The Morgan fingerprint density at radius 2 is 1.94 bits per heavy atom. The minimum absolute atomic E-state index is 0.0192. The largest absolute Gasteiger partial charge is 0.305 e. The highest BCUT2D eigenvalue weighted by Gasteiger charge is 2.18. The van der Waals surface area contributed by atoms with Gasteiger partial charge in [0.25, 0.3) is 0 Å². The lowest BCUT2D eigenvalue weighted by Gasteiger charge is -2.15. The smallest absolute Gasteiger partial charge is 0.273 e. The van der Waals surface area contributed by atoms with E-state index in [0.29, 0.717) is 0 Å². The van der Waals surface area contributed by atoms with Crippen LogP contribution in [0.2, 0.25) is 0 Å². The zero-order valence-corrected chi connectivity index (χ0v) is 9.34. The van der Waals surface area contributed by atoms with Crippen LogP contribution in [0.25, 0.3) is 0 Å². The molecule has 0 bridgehead atoms. The second kappa shape index (κ2) is 6.28. The highest BCUT2D eigenvalue weighted by molar-refractivity contribution is 5.36. The van der Waals surface area contributed by atoms with Crippen molar-refractivity contribution in [3.63, 3.8) is 0 Å². The predicted molar refractivity (Wildman–Crippen MR) is 59.6 cm³/mol. The van der Waals surface area contributed by atoms with Gasteiger partial charge in [-0.3, -0.25) is 15.0 Å². The standard InChI is InChI=1S/C11H9FN4O2/c12-11-9(2-1-3-10(11)16(17)18)8-15(6-4-13)7-5-14/h1-3H,6-8H2. The molecule has 0 spiro atoms. The van der Waals surface area contributed by atoms with Gasteiger partial charge in [0.1, 0.15) is 0 Å². The normalized spacial score (nSPS) is 9.78. The van der Waals surface area contributed by atoms with E-state index in [4.69, 9.17) is 10.5 Å². The number of nitro groups is 1. The van der Waals surface area contributed by atoms with Gasteiger partial charge in [-0.25, -0.2) is 0 Å². The maximum absolute atomic E-state index is 13.7. The number of rotatable bonds is 5. The van der Waals surface area contributed by atoms with Crippen LogP contribution in [0.5, 0.6) is 0 Å². The molecule has 0 saturated carbocycles.